The van der Waals surface area contributed by atoms with Crippen molar-refractivity contribution in [2.24, 2.45) is 0 Å². The third kappa shape index (κ3) is 6.10. The quantitative estimate of drug-likeness (QED) is 0.257. The number of rotatable bonds is 7. The molecule has 0 aliphatic carbocycles. The van der Waals surface area contributed by atoms with Gasteiger partial charge in [-0.15, -0.1) is 0 Å². The van der Waals surface area contributed by atoms with Crippen LogP contribution in [0.15, 0.2) is 88.4 Å². The summed E-state index contributed by atoms with van der Waals surface area (Å²) >= 11 is 4.08. The summed E-state index contributed by atoms with van der Waals surface area (Å²) in [7, 11) is 0. The van der Waals surface area contributed by atoms with E-state index in [4.69, 9.17) is 0 Å². The largest absolute Gasteiger partial charge is 0.337 e. The topological polar surface area (TPSA) is 101 Å². The Balaban J connectivity index is 1.32. The Morgan fingerprint density at radius 1 is 0.872 bits per heavy atom. The predicted octanol–water partition coefficient (Wildman–Crippen LogP) is 5.86. The van der Waals surface area contributed by atoms with E-state index < -0.39 is 29.4 Å². The number of benzene rings is 3. The third-order valence-electron chi connectivity index (χ3n) is 5.85. The molecule has 0 saturated carbocycles. The first-order valence-electron chi connectivity index (χ1n) is 11.7. The number of hydrogen-bond acceptors (Lipinski definition) is 5. The monoisotopic (exact) mass is 606 g/mol. The number of hydrogen-bond donors (Lipinski definition) is 2. The molecule has 3 aromatic carbocycles. The molecule has 0 atom stereocenters. The van der Waals surface area contributed by atoms with Gasteiger partial charge in [-0.25, -0.2) is 4.39 Å². The zero-order chi connectivity index (χ0) is 27.5. The molecule has 1 aliphatic rings. The Labute approximate surface area is 235 Å². The molecule has 196 valence electrons. The summed E-state index contributed by atoms with van der Waals surface area (Å²) in [5, 5.41) is 5.65. The predicted molar refractivity (Wildman–Crippen MR) is 152 cm³/mol. The van der Waals surface area contributed by atoms with Gasteiger partial charge in [-0.05, 0) is 72.4 Å². The SMILES string of the molecule is O=C(CN1C(=O)S/C(=C\c2cn(CC(=O)Nc3ccc(F)cc3)c3ccccc23)C1=O)Nc1ccc(Br)cc1. The first kappa shape index (κ1) is 26.4. The van der Waals surface area contributed by atoms with Crippen molar-refractivity contribution in [1.29, 1.82) is 0 Å². The van der Waals surface area contributed by atoms with Crippen molar-refractivity contribution in [2.45, 2.75) is 6.54 Å². The van der Waals surface area contributed by atoms with Crippen LogP contribution in [0.25, 0.3) is 17.0 Å². The maximum atomic E-state index is 13.2. The second-order valence-electron chi connectivity index (χ2n) is 8.61. The molecular formula is C28H20BrFN4O4S. The lowest BCUT2D eigenvalue weighted by Gasteiger charge is -2.12. The minimum Gasteiger partial charge on any atom is -0.337 e. The Morgan fingerprint density at radius 3 is 2.18 bits per heavy atom. The second kappa shape index (κ2) is 11.3. The fourth-order valence-electron chi connectivity index (χ4n) is 4.06. The van der Waals surface area contributed by atoms with Crippen LogP contribution >= 0.6 is 27.7 Å². The zero-order valence-corrected chi connectivity index (χ0v) is 22.6. The number of fused-ring (bicyclic) bond motifs is 1. The molecule has 0 bridgehead atoms. The van der Waals surface area contributed by atoms with Gasteiger partial charge in [0.15, 0.2) is 0 Å². The zero-order valence-electron chi connectivity index (χ0n) is 20.2. The van der Waals surface area contributed by atoms with Gasteiger partial charge in [0.25, 0.3) is 11.1 Å². The van der Waals surface area contributed by atoms with Crippen molar-refractivity contribution >= 4 is 79.0 Å². The van der Waals surface area contributed by atoms with E-state index >= 15 is 0 Å². The summed E-state index contributed by atoms with van der Waals surface area (Å²) in [5.41, 5.74) is 2.41. The van der Waals surface area contributed by atoms with Gasteiger partial charge in [-0.3, -0.25) is 24.1 Å². The van der Waals surface area contributed by atoms with Crippen molar-refractivity contribution in [2.75, 3.05) is 17.2 Å². The Hall–Kier alpha value is -4.22. The Bertz CT molecular complexity index is 1630. The molecule has 4 aromatic rings. The molecule has 1 fully saturated rings. The van der Waals surface area contributed by atoms with Crippen LogP contribution in [0.3, 0.4) is 0 Å². The van der Waals surface area contributed by atoms with Crippen LogP contribution in [-0.2, 0) is 20.9 Å². The maximum Gasteiger partial charge on any atom is 0.294 e. The highest BCUT2D eigenvalue weighted by molar-refractivity contribution is 9.10. The van der Waals surface area contributed by atoms with E-state index in [1.165, 1.54) is 24.3 Å². The van der Waals surface area contributed by atoms with Gasteiger partial charge in [-0.1, -0.05) is 34.1 Å². The molecule has 39 heavy (non-hydrogen) atoms. The number of para-hydroxylation sites is 1. The Morgan fingerprint density at radius 2 is 1.49 bits per heavy atom. The number of imide groups is 1. The summed E-state index contributed by atoms with van der Waals surface area (Å²) in [5.74, 6) is -1.78. The molecule has 1 aliphatic heterocycles. The fourth-order valence-corrected chi connectivity index (χ4v) is 5.16. The van der Waals surface area contributed by atoms with E-state index in [9.17, 15) is 23.6 Å². The average molecular weight is 607 g/mol. The van der Waals surface area contributed by atoms with Crippen LogP contribution in [0, 0.1) is 5.82 Å². The number of anilines is 2. The van der Waals surface area contributed by atoms with E-state index in [1.807, 2.05) is 24.3 Å². The van der Waals surface area contributed by atoms with Crippen LogP contribution in [-0.4, -0.2) is 39.0 Å². The molecule has 1 aromatic heterocycles. The molecular weight excluding hydrogens is 587 g/mol. The second-order valence-corrected chi connectivity index (χ2v) is 10.5. The highest BCUT2D eigenvalue weighted by Crippen LogP contribution is 2.34. The van der Waals surface area contributed by atoms with Gasteiger partial charge >= 0.3 is 0 Å². The van der Waals surface area contributed by atoms with Crippen molar-refractivity contribution in [3.8, 4) is 0 Å². The molecule has 1 saturated heterocycles. The van der Waals surface area contributed by atoms with Gasteiger partial charge < -0.3 is 15.2 Å². The van der Waals surface area contributed by atoms with E-state index in [0.29, 0.717) is 16.9 Å². The fraction of sp³-hybridized carbons (Fsp3) is 0.0714. The molecule has 0 radical (unpaired) electrons. The minimum atomic E-state index is -0.568. The number of carbonyl (C=O) groups is 4. The van der Waals surface area contributed by atoms with E-state index in [-0.39, 0.29) is 17.4 Å². The minimum absolute atomic E-state index is 0.0244. The summed E-state index contributed by atoms with van der Waals surface area (Å²) in [6, 6.07) is 19.8. The van der Waals surface area contributed by atoms with Crippen molar-refractivity contribution in [3.05, 3.63) is 99.8 Å². The van der Waals surface area contributed by atoms with Crippen LogP contribution in [0.4, 0.5) is 20.6 Å². The summed E-state index contributed by atoms with van der Waals surface area (Å²) < 4.78 is 15.7. The van der Waals surface area contributed by atoms with Gasteiger partial charge in [0.1, 0.15) is 18.9 Å². The van der Waals surface area contributed by atoms with Crippen LogP contribution in [0.5, 0.6) is 0 Å². The maximum absolute atomic E-state index is 13.2. The molecule has 5 rings (SSSR count). The standard InChI is InChI=1S/C28H20BrFN4O4S/c29-18-5-9-20(10-6-18)32-26(36)16-34-27(37)24(39-28(34)38)13-17-14-33(23-4-2-1-3-22(17)23)15-25(35)31-21-11-7-19(30)8-12-21/h1-14H,15-16H2,(H,31,35)(H,32,36)/b24-13-. The summed E-state index contributed by atoms with van der Waals surface area (Å²) in [6.45, 7) is -0.438. The number of aromatic nitrogens is 1. The molecule has 0 spiro atoms. The number of halogens is 2. The normalized spacial score (nSPS) is 14.3. The highest BCUT2D eigenvalue weighted by atomic mass is 79.9. The summed E-state index contributed by atoms with van der Waals surface area (Å²) in [4.78, 5) is 51.8. The van der Waals surface area contributed by atoms with Crippen LogP contribution in [0.2, 0.25) is 0 Å². The third-order valence-corrected chi connectivity index (χ3v) is 7.29. The molecule has 2 heterocycles. The van der Waals surface area contributed by atoms with Gasteiger partial charge in [-0.2, -0.15) is 0 Å². The van der Waals surface area contributed by atoms with Gasteiger partial charge in [0, 0.05) is 38.5 Å². The lowest BCUT2D eigenvalue weighted by molar-refractivity contribution is -0.127. The molecule has 11 heteroatoms. The number of nitrogens with zero attached hydrogens (tertiary/aromatic N) is 2. The number of amides is 4. The van der Waals surface area contributed by atoms with Crippen molar-refractivity contribution < 1.29 is 23.6 Å². The summed E-state index contributed by atoms with van der Waals surface area (Å²) in [6.07, 6.45) is 3.32. The number of thioether (sulfide) groups is 1. The van der Waals surface area contributed by atoms with Crippen LogP contribution in [0.1, 0.15) is 5.56 Å². The Kier molecular flexibility index (Phi) is 7.62. The molecule has 2 N–H and O–H groups in total. The van der Waals surface area contributed by atoms with E-state index in [1.54, 1.807) is 41.1 Å². The average Bonchev–Trinajstić information content (AvgIpc) is 3.38. The van der Waals surface area contributed by atoms with Crippen LogP contribution < -0.4 is 10.6 Å². The van der Waals surface area contributed by atoms with Gasteiger partial charge in [0.2, 0.25) is 11.8 Å². The molecule has 0 unspecified atom stereocenters. The van der Waals surface area contributed by atoms with Crippen molar-refractivity contribution in [1.82, 2.24) is 9.47 Å². The number of carbonyl (C=O) groups excluding carboxylic acids is 4. The lowest BCUT2D eigenvalue weighted by Crippen LogP contribution is -2.36. The van der Waals surface area contributed by atoms with Gasteiger partial charge in [0.05, 0.1) is 4.91 Å². The highest BCUT2D eigenvalue weighted by Gasteiger charge is 2.36. The number of nitrogens with one attached hydrogen (secondary N) is 2. The van der Waals surface area contributed by atoms with Crippen molar-refractivity contribution in [3.63, 3.8) is 0 Å². The molecule has 4 amide bonds. The molecule has 8 nitrogen and oxygen atoms in total. The van der Waals surface area contributed by atoms with E-state index in [0.717, 1.165) is 32.0 Å². The van der Waals surface area contributed by atoms with E-state index in [2.05, 4.69) is 26.6 Å². The lowest BCUT2D eigenvalue weighted by atomic mass is 10.1. The smallest absolute Gasteiger partial charge is 0.294 e. The first-order valence-corrected chi connectivity index (χ1v) is 13.3. The first-order chi connectivity index (χ1) is 18.8.